The predicted molar refractivity (Wildman–Crippen MR) is 112 cm³/mol. The third-order valence-corrected chi connectivity index (χ3v) is 5.13. The molecule has 0 aliphatic heterocycles. The Bertz CT molecular complexity index is 1030. The van der Waals surface area contributed by atoms with Gasteiger partial charge in [0.1, 0.15) is 5.56 Å². The Hall–Kier alpha value is -3.16. The zero-order valence-corrected chi connectivity index (χ0v) is 16.7. The minimum absolute atomic E-state index is 0.0311. The molecule has 29 heavy (non-hydrogen) atoms. The van der Waals surface area contributed by atoms with Crippen molar-refractivity contribution in [1.82, 2.24) is 9.55 Å². The Kier molecular flexibility index (Phi) is 6.31. The smallest absolute Gasteiger partial charge is 0.331 e. The fourth-order valence-corrected chi connectivity index (χ4v) is 3.77. The third kappa shape index (κ3) is 4.64. The zero-order valence-electron chi connectivity index (χ0n) is 16.7. The summed E-state index contributed by atoms with van der Waals surface area (Å²) in [5, 5.41) is 13.5. The number of H-pyrrole nitrogens is 1. The highest BCUT2D eigenvalue weighted by atomic mass is 16.3. The van der Waals surface area contributed by atoms with Crippen LogP contribution in [-0.4, -0.2) is 26.3 Å². The number of benzene rings is 1. The molecule has 8 nitrogen and oxygen atoms in total. The van der Waals surface area contributed by atoms with Gasteiger partial charge in [0.15, 0.2) is 0 Å². The summed E-state index contributed by atoms with van der Waals surface area (Å²) in [6, 6.07) is 6.72. The number of aromatic amines is 1. The summed E-state index contributed by atoms with van der Waals surface area (Å²) in [7, 11) is 0. The van der Waals surface area contributed by atoms with Gasteiger partial charge in [-0.05, 0) is 43.5 Å². The fourth-order valence-electron chi connectivity index (χ4n) is 3.77. The van der Waals surface area contributed by atoms with Crippen molar-refractivity contribution in [2.45, 2.75) is 58.4 Å². The second-order valence-corrected chi connectivity index (χ2v) is 7.26. The number of anilines is 1. The molecular formula is C21H26N4O4. The molecule has 0 radical (unpaired) electrons. The van der Waals surface area contributed by atoms with Crippen molar-refractivity contribution in [1.29, 1.82) is 0 Å². The molecule has 1 aliphatic rings. The van der Waals surface area contributed by atoms with Crippen LogP contribution in [-0.2, 0) is 4.79 Å². The van der Waals surface area contributed by atoms with E-state index in [1.165, 1.54) is 11.5 Å². The van der Waals surface area contributed by atoms with Gasteiger partial charge in [-0.15, -0.1) is 0 Å². The second kappa shape index (κ2) is 8.89. The van der Waals surface area contributed by atoms with Crippen LogP contribution >= 0.6 is 0 Å². The summed E-state index contributed by atoms with van der Waals surface area (Å²) in [6.45, 7) is 3.26. The van der Waals surface area contributed by atoms with Gasteiger partial charge in [0, 0.05) is 18.7 Å². The highest BCUT2D eigenvalue weighted by Crippen LogP contribution is 2.30. The molecule has 2 aromatic rings. The van der Waals surface area contributed by atoms with Crippen LogP contribution in [0.25, 0.3) is 0 Å². The van der Waals surface area contributed by atoms with Crippen LogP contribution in [0, 0.1) is 0 Å². The summed E-state index contributed by atoms with van der Waals surface area (Å²) in [4.78, 5) is 42.9. The summed E-state index contributed by atoms with van der Waals surface area (Å²) >= 11 is 0. The summed E-state index contributed by atoms with van der Waals surface area (Å²) in [5.74, 6) is -0.488. The number of carbonyl (C=O) groups is 1. The molecule has 1 aliphatic carbocycles. The number of aromatic hydroxyl groups is 1. The lowest BCUT2D eigenvalue weighted by molar-refractivity contribution is -0.114. The van der Waals surface area contributed by atoms with Gasteiger partial charge in [-0.2, -0.15) is 0 Å². The van der Waals surface area contributed by atoms with Crippen LogP contribution in [0.5, 0.6) is 5.88 Å². The van der Waals surface area contributed by atoms with Gasteiger partial charge >= 0.3 is 5.69 Å². The van der Waals surface area contributed by atoms with Crippen molar-refractivity contribution in [2.75, 3.05) is 5.32 Å². The minimum Gasteiger partial charge on any atom is -0.494 e. The average molecular weight is 398 g/mol. The van der Waals surface area contributed by atoms with E-state index in [0.717, 1.165) is 32.1 Å². The fraction of sp³-hybridized carbons (Fsp3) is 0.429. The number of rotatable bonds is 5. The molecule has 0 bridgehead atoms. The first-order valence-corrected chi connectivity index (χ1v) is 9.94. The molecule has 0 unspecified atom stereocenters. The van der Waals surface area contributed by atoms with E-state index < -0.39 is 11.2 Å². The minimum atomic E-state index is -0.643. The second-order valence-electron chi connectivity index (χ2n) is 7.26. The van der Waals surface area contributed by atoms with E-state index in [2.05, 4.69) is 15.3 Å². The maximum atomic E-state index is 12.5. The number of aromatic nitrogens is 2. The van der Waals surface area contributed by atoms with Crippen LogP contribution in [0.3, 0.4) is 0 Å². The number of nitrogens with one attached hydrogen (secondary N) is 2. The van der Waals surface area contributed by atoms with E-state index in [9.17, 15) is 19.5 Å². The summed E-state index contributed by atoms with van der Waals surface area (Å²) in [5.41, 5.74) is 0.406. The van der Waals surface area contributed by atoms with Crippen molar-refractivity contribution in [2.24, 2.45) is 4.99 Å². The van der Waals surface area contributed by atoms with E-state index in [1.54, 1.807) is 24.3 Å². The topological polar surface area (TPSA) is 117 Å². The molecule has 154 valence electrons. The summed E-state index contributed by atoms with van der Waals surface area (Å²) in [6.07, 6.45) is 5.07. The first-order valence-electron chi connectivity index (χ1n) is 9.94. The number of hydrogen-bond acceptors (Lipinski definition) is 5. The first-order chi connectivity index (χ1) is 13.9. The number of carbonyl (C=O) groups excluding carboxylic acids is 1. The molecule has 1 aromatic heterocycles. The third-order valence-electron chi connectivity index (χ3n) is 5.13. The molecule has 0 saturated heterocycles. The maximum Gasteiger partial charge on any atom is 0.331 e. The van der Waals surface area contributed by atoms with Crippen LogP contribution in [0.2, 0.25) is 0 Å². The molecule has 3 N–H and O–H groups in total. The van der Waals surface area contributed by atoms with Crippen LogP contribution in [0.15, 0.2) is 38.8 Å². The Morgan fingerprint density at radius 1 is 1.21 bits per heavy atom. The van der Waals surface area contributed by atoms with Gasteiger partial charge in [0.2, 0.25) is 11.8 Å². The molecule has 1 heterocycles. The highest BCUT2D eigenvalue weighted by molar-refractivity contribution is 6.03. The Morgan fingerprint density at radius 3 is 2.45 bits per heavy atom. The Balaban J connectivity index is 2.02. The van der Waals surface area contributed by atoms with Gasteiger partial charge in [-0.25, -0.2) is 4.79 Å². The van der Waals surface area contributed by atoms with Crippen molar-refractivity contribution in [3.63, 3.8) is 0 Å². The van der Waals surface area contributed by atoms with Crippen molar-refractivity contribution in [3.8, 4) is 5.88 Å². The molecule has 3 rings (SSSR count). The number of aliphatic imine (C=N–C) groups is 1. The van der Waals surface area contributed by atoms with E-state index >= 15 is 0 Å². The van der Waals surface area contributed by atoms with Crippen molar-refractivity contribution >= 4 is 23.0 Å². The molecule has 0 spiro atoms. The quantitative estimate of drug-likeness (QED) is 0.670. The molecule has 0 atom stereocenters. The lowest BCUT2D eigenvalue weighted by Gasteiger charge is -2.25. The van der Waals surface area contributed by atoms with E-state index in [-0.39, 0.29) is 23.4 Å². The maximum absolute atomic E-state index is 12.5. The van der Waals surface area contributed by atoms with Gasteiger partial charge < -0.3 is 10.4 Å². The molecule has 1 saturated carbocycles. The first kappa shape index (κ1) is 20.6. The Morgan fingerprint density at radius 2 is 1.86 bits per heavy atom. The van der Waals surface area contributed by atoms with Crippen LogP contribution in [0.1, 0.15) is 64.0 Å². The zero-order chi connectivity index (χ0) is 21.0. The molecule has 1 fully saturated rings. The average Bonchev–Trinajstić information content (AvgIpc) is 2.68. The largest absolute Gasteiger partial charge is 0.494 e. The number of hydrogen-bond donors (Lipinski definition) is 3. The predicted octanol–water partition coefficient (Wildman–Crippen LogP) is 3.24. The summed E-state index contributed by atoms with van der Waals surface area (Å²) < 4.78 is 1.31. The van der Waals surface area contributed by atoms with Gasteiger partial charge in [0.05, 0.1) is 11.4 Å². The number of nitrogens with zero attached hydrogens (tertiary/aromatic N) is 2. The van der Waals surface area contributed by atoms with E-state index in [0.29, 0.717) is 23.5 Å². The van der Waals surface area contributed by atoms with Gasteiger partial charge in [-0.1, -0.05) is 26.2 Å². The van der Waals surface area contributed by atoms with Crippen molar-refractivity contribution < 1.29 is 9.90 Å². The van der Waals surface area contributed by atoms with E-state index in [4.69, 9.17) is 0 Å². The van der Waals surface area contributed by atoms with E-state index in [1.807, 2.05) is 6.92 Å². The van der Waals surface area contributed by atoms with Crippen molar-refractivity contribution in [3.05, 3.63) is 50.7 Å². The lowest BCUT2D eigenvalue weighted by atomic mass is 9.95. The molecule has 1 amide bonds. The molecule has 8 heteroatoms. The van der Waals surface area contributed by atoms with Crippen LogP contribution in [0.4, 0.5) is 11.4 Å². The standard InChI is InChI=1S/C21H26N4O4/c1-3-17(23-15-11-9-14(10-12-15)22-13(2)26)18-19(27)24-21(29)25(20(18)28)16-7-5-4-6-8-16/h9-12,16,28H,3-8H2,1-2H3,(H,22,26)(H,24,27,29). The monoisotopic (exact) mass is 398 g/mol. The lowest BCUT2D eigenvalue weighted by Crippen LogP contribution is -2.36. The molecular weight excluding hydrogens is 372 g/mol. The van der Waals surface area contributed by atoms with Gasteiger partial charge in [-0.3, -0.25) is 24.1 Å². The van der Waals surface area contributed by atoms with Crippen LogP contribution < -0.4 is 16.6 Å². The Labute approximate surface area is 168 Å². The highest BCUT2D eigenvalue weighted by Gasteiger charge is 2.24. The van der Waals surface area contributed by atoms with Gasteiger partial charge in [0.25, 0.3) is 5.56 Å². The SMILES string of the molecule is CCC(=Nc1ccc(NC(C)=O)cc1)c1c(O)n(C2CCCCC2)c(=O)[nH]c1=O. The normalized spacial score (nSPS) is 15.3. The molecule has 1 aromatic carbocycles. The number of amides is 1.